The molecule has 1 aromatic carbocycles. The fourth-order valence-electron chi connectivity index (χ4n) is 0.965. The molecular weight excluding hydrogens is 262 g/mol. The van der Waals surface area contributed by atoms with Crippen LogP contribution < -0.4 is 0 Å². The minimum absolute atomic E-state index is 0.138. The van der Waals surface area contributed by atoms with Gasteiger partial charge in [-0.25, -0.2) is 0 Å². The third-order valence-electron chi connectivity index (χ3n) is 1.59. The van der Waals surface area contributed by atoms with Gasteiger partial charge in [-0.2, -0.15) is 5.26 Å². The number of aliphatic hydroxyl groups excluding tert-OH is 1. The summed E-state index contributed by atoms with van der Waals surface area (Å²) in [6.45, 7) is 2.08. The fourth-order valence-corrected chi connectivity index (χ4v) is 2.54. The topological polar surface area (TPSA) is 44.0 Å². The number of halogens is 1. The van der Waals surface area contributed by atoms with Crippen LogP contribution in [0.1, 0.15) is 12.5 Å². The molecule has 0 amide bonds. The van der Waals surface area contributed by atoms with Gasteiger partial charge >= 0.3 is 0 Å². The summed E-state index contributed by atoms with van der Waals surface area (Å²) in [6, 6.07) is 7.63. The quantitative estimate of drug-likeness (QED) is 0.860. The van der Waals surface area contributed by atoms with Crippen molar-refractivity contribution in [3.63, 3.8) is 0 Å². The van der Waals surface area contributed by atoms with Gasteiger partial charge in [-0.1, -0.05) is 22.9 Å². The third-order valence-corrected chi connectivity index (χ3v) is 3.11. The standard InChI is InChI=1S/C10H10BrNOS/c1-7(6-13)14-10-3-8(5-12)2-9(11)4-10/h2-4,7,13H,6H2,1H3. The van der Waals surface area contributed by atoms with Gasteiger partial charge in [0.2, 0.25) is 0 Å². The van der Waals surface area contributed by atoms with Gasteiger partial charge in [-0.05, 0) is 18.2 Å². The number of rotatable bonds is 3. The highest BCUT2D eigenvalue weighted by atomic mass is 79.9. The van der Waals surface area contributed by atoms with Gasteiger partial charge in [0.1, 0.15) is 0 Å². The van der Waals surface area contributed by atoms with Gasteiger partial charge in [0, 0.05) is 14.6 Å². The Labute approximate surface area is 96.1 Å². The monoisotopic (exact) mass is 271 g/mol. The summed E-state index contributed by atoms with van der Waals surface area (Å²) < 4.78 is 0.893. The van der Waals surface area contributed by atoms with Crippen LogP contribution in [0.2, 0.25) is 0 Å². The molecule has 2 nitrogen and oxygen atoms in total. The number of aliphatic hydroxyl groups is 1. The lowest BCUT2D eigenvalue weighted by Crippen LogP contribution is -2.01. The maximum Gasteiger partial charge on any atom is 0.0992 e. The second-order valence-electron chi connectivity index (χ2n) is 2.90. The van der Waals surface area contributed by atoms with Crippen molar-refractivity contribution in [1.82, 2.24) is 0 Å². The molecule has 74 valence electrons. The molecule has 1 atom stereocenters. The van der Waals surface area contributed by atoms with Crippen LogP contribution in [-0.4, -0.2) is 17.0 Å². The first kappa shape index (κ1) is 11.6. The maximum atomic E-state index is 8.89. The number of nitriles is 1. The van der Waals surface area contributed by atoms with Crippen molar-refractivity contribution >= 4 is 27.7 Å². The van der Waals surface area contributed by atoms with E-state index in [1.54, 1.807) is 17.8 Å². The van der Waals surface area contributed by atoms with Crippen LogP contribution in [0.4, 0.5) is 0 Å². The Morgan fingerprint density at radius 1 is 1.57 bits per heavy atom. The number of thioether (sulfide) groups is 1. The second kappa shape index (κ2) is 5.40. The molecule has 1 N–H and O–H groups in total. The smallest absolute Gasteiger partial charge is 0.0992 e. The molecule has 0 bridgehead atoms. The molecule has 0 saturated heterocycles. The average molecular weight is 272 g/mol. The molecule has 4 heteroatoms. The van der Waals surface area contributed by atoms with E-state index in [4.69, 9.17) is 10.4 Å². The van der Waals surface area contributed by atoms with E-state index in [1.165, 1.54) is 0 Å². The van der Waals surface area contributed by atoms with Crippen LogP contribution in [0.5, 0.6) is 0 Å². The summed E-state index contributed by atoms with van der Waals surface area (Å²) in [7, 11) is 0. The summed E-state index contributed by atoms with van der Waals surface area (Å²) in [6.07, 6.45) is 0. The molecule has 1 unspecified atom stereocenters. The molecule has 0 spiro atoms. The predicted octanol–water partition coefficient (Wildman–Crippen LogP) is 2.79. The molecule has 0 radical (unpaired) electrons. The van der Waals surface area contributed by atoms with E-state index < -0.39 is 0 Å². The van der Waals surface area contributed by atoms with E-state index >= 15 is 0 Å². The van der Waals surface area contributed by atoms with Crippen molar-refractivity contribution in [3.05, 3.63) is 28.2 Å². The van der Waals surface area contributed by atoms with Gasteiger partial charge in [0.25, 0.3) is 0 Å². The molecule has 14 heavy (non-hydrogen) atoms. The van der Waals surface area contributed by atoms with Crippen LogP contribution in [0.3, 0.4) is 0 Å². The maximum absolute atomic E-state index is 8.89. The zero-order valence-corrected chi connectivity index (χ0v) is 10.1. The zero-order chi connectivity index (χ0) is 10.6. The Morgan fingerprint density at radius 3 is 2.86 bits per heavy atom. The lowest BCUT2D eigenvalue weighted by atomic mass is 10.2. The first-order valence-electron chi connectivity index (χ1n) is 4.14. The predicted molar refractivity (Wildman–Crippen MR) is 61.3 cm³/mol. The van der Waals surface area contributed by atoms with Crippen LogP contribution in [-0.2, 0) is 0 Å². The van der Waals surface area contributed by atoms with Crippen molar-refractivity contribution in [2.75, 3.05) is 6.61 Å². The van der Waals surface area contributed by atoms with Gasteiger partial charge < -0.3 is 5.11 Å². The summed E-state index contributed by atoms with van der Waals surface area (Å²) in [4.78, 5) is 0.998. The Kier molecular flexibility index (Phi) is 4.46. The molecule has 0 heterocycles. The van der Waals surface area contributed by atoms with Gasteiger partial charge in [0.05, 0.1) is 18.2 Å². The Balaban J connectivity index is 2.88. The number of hydrogen-bond acceptors (Lipinski definition) is 3. The molecule has 1 aromatic rings. The van der Waals surface area contributed by atoms with E-state index in [1.807, 2.05) is 19.1 Å². The molecule has 0 saturated carbocycles. The highest BCUT2D eigenvalue weighted by Gasteiger charge is 2.04. The highest BCUT2D eigenvalue weighted by molar-refractivity contribution is 9.10. The Morgan fingerprint density at radius 2 is 2.29 bits per heavy atom. The largest absolute Gasteiger partial charge is 0.395 e. The van der Waals surface area contributed by atoms with Gasteiger partial charge in [-0.3, -0.25) is 0 Å². The molecule has 0 aliphatic rings. The van der Waals surface area contributed by atoms with Crippen LogP contribution in [0.25, 0.3) is 0 Å². The molecule has 0 fully saturated rings. The van der Waals surface area contributed by atoms with Crippen molar-refractivity contribution in [3.8, 4) is 6.07 Å². The molecule has 0 aromatic heterocycles. The summed E-state index contributed by atoms with van der Waals surface area (Å²) in [5.41, 5.74) is 0.631. The Hall–Kier alpha value is -0.500. The normalized spacial score (nSPS) is 12.1. The first-order valence-corrected chi connectivity index (χ1v) is 5.81. The van der Waals surface area contributed by atoms with E-state index in [9.17, 15) is 0 Å². The molecule has 1 rings (SSSR count). The van der Waals surface area contributed by atoms with Crippen molar-refractivity contribution < 1.29 is 5.11 Å². The van der Waals surface area contributed by atoms with Crippen LogP contribution >= 0.6 is 27.7 Å². The van der Waals surface area contributed by atoms with E-state index in [0.29, 0.717) is 5.56 Å². The SMILES string of the molecule is CC(CO)Sc1cc(Br)cc(C#N)c1. The van der Waals surface area contributed by atoms with Crippen molar-refractivity contribution in [1.29, 1.82) is 5.26 Å². The molecule has 0 aliphatic heterocycles. The third kappa shape index (κ3) is 3.33. The summed E-state index contributed by atoms with van der Waals surface area (Å²) in [5.74, 6) is 0. The van der Waals surface area contributed by atoms with Gasteiger partial charge in [-0.15, -0.1) is 11.8 Å². The van der Waals surface area contributed by atoms with Crippen molar-refractivity contribution in [2.45, 2.75) is 17.1 Å². The van der Waals surface area contributed by atoms with E-state index in [2.05, 4.69) is 22.0 Å². The van der Waals surface area contributed by atoms with Crippen molar-refractivity contribution in [2.24, 2.45) is 0 Å². The van der Waals surface area contributed by atoms with E-state index in [-0.39, 0.29) is 11.9 Å². The lowest BCUT2D eigenvalue weighted by Gasteiger charge is -2.07. The number of nitrogens with zero attached hydrogens (tertiary/aromatic N) is 1. The van der Waals surface area contributed by atoms with E-state index in [0.717, 1.165) is 9.37 Å². The average Bonchev–Trinajstić information content (AvgIpc) is 2.16. The number of hydrogen-bond donors (Lipinski definition) is 1. The second-order valence-corrected chi connectivity index (χ2v) is 5.33. The summed E-state index contributed by atoms with van der Waals surface area (Å²) >= 11 is 4.89. The Bertz CT molecular complexity index is 362. The molecule has 0 aliphatic carbocycles. The fraction of sp³-hybridized carbons (Fsp3) is 0.300. The minimum atomic E-state index is 0.138. The minimum Gasteiger partial charge on any atom is -0.395 e. The van der Waals surface area contributed by atoms with Crippen LogP contribution in [0.15, 0.2) is 27.6 Å². The summed E-state index contributed by atoms with van der Waals surface area (Å²) in [5, 5.41) is 17.8. The highest BCUT2D eigenvalue weighted by Crippen LogP contribution is 2.27. The van der Waals surface area contributed by atoms with Crippen LogP contribution in [0, 0.1) is 11.3 Å². The molecular formula is C10H10BrNOS. The number of benzene rings is 1. The lowest BCUT2D eigenvalue weighted by molar-refractivity contribution is 0.300. The zero-order valence-electron chi connectivity index (χ0n) is 7.70. The van der Waals surface area contributed by atoms with Gasteiger partial charge in [0.15, 0.2) is 0 Å². The first-order chi connectivity index (χ1) is 6.65.